The van der Waals surface area contributed by atoms with Crippen LogP contribution in [0.2, 0.25) is 5.02 Å². The van der Waals surface area contributed by atoms with E-state index in [4.69, 9.17) is 21.5 Å². The summed E-state index contributed by atoms with van der Waals surface area (Å²) in [5, 5.41) is 11.7. The van der Waals surface area contributed by atoms with E-state index in [1.807, 2.05) is 13.8 Å². The Bertz CT molecular complexity index is 337. The highest BCUT2D eigenvalue weighted by atomic mass is 35.5. The molecule has 0 amide bonds. The molecule has 0 unspecified atom stereocenters. The van der Waals surface area contributed by atoms with Crippen molar-refractivity contribution in [2.24, 2.45) is 5.16 Å². The van der Waals surface area contributed by atoms with Crippen LogP contribution in [0.25, 0.3) is 0 Å². The van der Waals surface area contributed by atoms with Crippen LogP contribution >= 0.6 is 11.6 Å². The van der Waals surface area contributed by atoms with Crippen LogP contribution in [-0.2, 0) is 0 Å². The first-order valence-corrected chi connectivity index (χ1v) is 4.65. The Balaban J connectivity index is 2.88. The zero-order chi connectivity index (χ0) is 10.6. The molecule has 0 aliphatic carbocycles. The van der Waals surface area contributed by atoms with Crippen molar-refractivity contribution < 1.29 is 9.94 Å². The minimum absolute atomic E-state index is 0.114. The second-order valence-corrected chi connectivity index (χ2v) is 3.50. The maximum Gasteiger partial charge on any atom is 0.121 e. The summed E-state index contributed by atoms with van der Waals surface area (Å²) in [6, 6.07) is 5.21. The van der Waals surface area contributed by atoms with E-state index in [2.05, 4.69) is 5.16 Å². The Morgan fingerprint density at radius 1 is 1.50 bits per heavy atom. The van der Waals surface area contributed by atoms with Crippen LogP contribution in [0.1, 0.15) is 19.4 Å². The molecule has 0 saturated carbocycles. The van der Waals surface area contributed by atoms with Gasteiger partial charge in [-0.25, -0.2) is 0 Å². The zero-order valence-electron chi connectivity index (χ0n) is 8.07. The predicted octanol–water partition coefficient (Wildman–Crippen LogP) is 2.94. The van der Waals surface area contributed by atoms with E-state index in [-0.39, 0.29) is 6.10 Å². The molecule has 0 atom stereocenters. The van der Waals surface area contributed by atoms with E-state index >= 15 is 0 Å². The maximum absolute atomic E-state index is 8.34. The van der Waals surface area contributed by atoms with Crippen LogP contribution in [0, 0.1) is 0 Å². The molecule has 0 bridgehead atoms. The van der Waals surface area contributed by atoms with Gasteiger partial charge in [0.1, 0.15) is 5.75 Å². The van der Waals surface area contributed by atoms with E-state index in [0.717, 1.165) is 0 Å². The summed E-state index contributed by atoms with van der Waals surface area (Å²) < 4.78 is 5.44. The molecule has 1 aromatic rings. The molecule has 0 saturated heterocycles. The normalized spacial score (nSPS) is 11.1. The molecule has 1 rings (SSSR count). The first-order valence-electron chi connectivity index (χ1n) is 4.27. The molecule has 14 heavy (non-hydrogen) atoms. The quantitative estimate of drug-likeness (QED) is 0.477. The van der Waals surface area contributed by atoms with E-state index in [1.165, 1.54) is 6.21 Å². The fourth-order valence-corrected chi connectivity index (χ4v) is 1.24. The highest BCUT2D eigenvalue weighted by molar-refractivity contribution is 6.33. The zero-order valence-corrected chi connectivity index (χ0v) is 8.82. The van der Waals surface area contributed by atoms with Crippen LogP contribution in [0.3, 0.4) is 0 Å². The molecule has 1 N–H and O–H groups in total. The van der Waals surface area contributed by atoms with Gasteiger partial charge in [0.2, 0.25) is 0 Å². The molecular formula is C10H12ClNO2. The Labute approximate surface area is 88.0 Å². The van der Waals surface area contributed by atoms with Crippen molar-refractivity contribution >= 4 is 17.8 Å². The van der Waals surface area contributed by atoms with Crippen molar-refractivity contribution in [1.82, 2.24) is 0 Å². The molecule has 0 spiro atoms. The van der Waals surface area contributed by atoms with E-state index in [1.54, 1.807) is 18.2 Å². The second-order valence-electron chi connectivity index (χ2n) is 3.09. The topological polar surface area (TPSA) is 41.8 Å². The molecule has 0 fully saturated rings. The Morgan fingerprint density at radius 3 is 2.71 bits per heavy atom. The Morgan fingerprint density at radius 2 is 2.21 bits per heavy atom. The minimum atomic E-state index is 0.114. The number of rotatable bonds is 3. The molecule has 0 heterocycles. The monoisotopic (exact) mass is 213 g/mol. The summed E-state index contributed by atoms with van der Waals surface area (Å²) in [5.74, 6) is 0.708. The van der Waals surface area contributed by atoms with Gasteiger partial charge in [0.15, 0.2) is 0 Å². The van der Waals surface area contributed by atoms with E-state index in [9.17, 15) is 0 Å². The van der Waals surface area contributed by atoms with Gasteiger partial charge in [0.25, 0.3) is 0 Å². The number of benzene rings is 1. The summed E-state index contributed by atoms with van der Waals surface area (Å²) in [7, 11) is 0. The van der Waals surface area contributed by atoms with Gasteiger partial charge in [-0.3, -0.25) is 0 Å². The first-order chi connectivity index (χ1) is 6.63. The lowest BCUT2D eigenvalue weighted by molar-refractivity contribution is 0.242. The van der Waals surface area contributed by atoms with Crippen LogP contribution in [0.5, 0.6) is 5.75 Å². The van der Waals surface area contributed by atoms with Crippen LogP contribution in [0.15, 0.2) is 23.4 Å². The van der Waals surface area contributed by atoms with E-state index in [0.29, 0.717) is 16.3 Å². The van der Waals surface area contributed by atoms with Crippen molar-refractivity contribution in [2.75, 3.05) is 0 Å². The molecular weight excluding hydrogens is 202 g/mol. The fraction of sp³-hybridized carbons (Fsp3) is 0.300. The fourth-order valence-electron chi connectivity index (χ4n) is 1.02. The summed E-state index contributed by atoms with van der Waals surface area (Å²) in [6.45, 7) is 3.88. The summed E-state index contributed by atoms with van der Waals surface area (Å²) in [5.41, 5.74) is 0.658. The third kappa shape index (κ3) is 2.92. The van der Waals surface area contributed by atoms with Gasteiger partial charge < -0.3 is 9.94 Å². The third-order valence-corrected chi connectivity index (χ3v) is 1.87. The lowest BCUT2D eigenvalue weighted by Crippen LogP contribution is -2.05. The molecule has 0 aliphatic rings. The van der Waals surface area contributed by atoms with Crippen molar-refractivity contribution in [3.05, 3.63) is 28.8 Å². The van der Waals surface area contributed by atoms with E-state index < -0.39 is 0 Å². The summed E-state index contributed by atoms with van der Waals surface area (Å²) >= 11 is 5.91. The largest absolute Gasteiger partial charge is 0.491 e. The van der Waals surface area contributed by atoms with Gasteiger partial charge in [-0.2, -0.15) is 0 Å². The number of nitrogens with zero attached hydrogens (tertiary/aromatic N) is 1. The Kier molecular flexibility index (Phi) is 3.77. The highest BCUT2D eigenvalue weighted by Crippen LogP contribution is 2.22. The standard InChI is InChI=1S/C10H12ClNO2/c1-7(2)14-9-4-3-8(6-12-13)10(11)5-9/h3-7,13H,1-2H3/b12-6-. The lowest BCUT2D eigenvalue weighted by Gasteiger charge is -2.10. The molecule has 0 aliphatic heterocycles. The number of ether oxygens (including phenoxy) is 1. The molecule has 4 heteroatoms. The van der Waals surface area contributed by atoms with Crippen molar-refractivity contribution in [3.63, 3.8) is 0 Å². The number of hydrogen-bond donors (Lipinski definition) is 1. The van der Waals surface area contributed by atoms with Crippen molar-refractivity contribution in [3.8, 4) is 5.75 Å². The molecule has 3 nitrogen and oxygen atoms in total. The second kappa shape index (κ2) is 4.86. The van der Waals surface area contributed by atoms with Gasteiger partial charge in [-0.15, -0.1) is 0 Å². The first kappa shape index (κ1) is 10.9. The summed E-state index contributed by atoms with van der Waals surface area (Å²) in [6.07, 6.45) is 1.39. The molecule has 0 radical (unpaired) electrons. The summed E-state index contributed by atoms with van der Waals surface area (Å²) in [4.78, 5) is 0. The number of oxime groups is 1. The van der Waals surface area contributed by atoms with Gasteiger partial charge in [0.05, 0.1) is 17.3 Å². The van der Waals surface area contributed by atoms with Gasteiger partial charge in [-0.1, -0.05) is 16.8 Å². The Hall–Kier alpha value is -1.22. The van der Waals surface area contributed by atoms with Crippen LogP contribution < -0.4 is 4.74 Å². The number of halogens is 1. The molecule has 1 aromatic carbocycles. The van der Waals surface area contributed by atoms with Crippen LogP contribution in [0.4, 0.5) is 0 Å². The minimum Gasteiger partial charge on any atom is -0.491 e. The number of hydrogen-bond acceptors (Lipinski definition) is 3. The maximum atomic E-state index is 8.34. The molecule has 0 aromatic heterocycles. The van der Waals surface area contributed by atoms with Gasteiger partial charge >= 0.3 is 0 Å². The van der Waals surface area contributed by atoms with Crippen molar-refractivity contribution in [2.45, 2.75) is 20.0 Å². The predicted molar refractivity (Wildman–Crippen MR) is 56.6 cm³/mol. The average molecular weight is 214 g/mol. The average Bonchev–Trinajstić information content (AvgIpc) is 2.09. The van der Waals surface area contributed by atoms with Gasteiger partial charge in [0, 0.05) is 5.56 Å². The van der Waals surface area contributed by atoms with Gasteiger partial charge in [-0.05, 0) is 32.0 Å². The lowest BCUT2D eigenvalue weighted by atomic mass is 10.2. The highest BCUT2D eigenvalue weighted by Gasteiger charge is 2.02. The smallest absolute Gasteiger partial charge is 0.121 e. The van der Waals surface area contributed by atoms with Crippen LogP contribution in [-0.4, -0.2) is 17.5 Å². The third-order valence-electron chi connectivity index (χ3n) is 1.54. The molecule has 76 valence electrons. The SMILES string of the molecule is CC(C)Oc1ccc(/C=N\O)c(Cl)c1. The van der Waals surface area contributed by atoms with Crippen molar-refractivity contribution in [1.29, 1.82) is 0 Å².